The van der Waals surface area contributed by atoms with Crippen molar-refractivity contribution in [2.45, 2.75) is 6.92 Å². The number of nitrogen functional groups attached to an aromatic ring is 1. The summed E-state index contributed by atoms with van der Waals surface area (Å²) in [7, 11) is 1.32. The number of rotatable bonds is 3. The average molecular weight is 370 g/mol. The molecule has 0 aliphatic carbocycles. The van der Waals surface area contributed by atoms with Crippen molar-refractivity contribution in [2.75, 3.05) is 18.2 Å². The third-order valence-electron chi connectivity index (χ3n) is 3.02. The Morgan fingerprint density at radius 3 is 2.76 bits per heavy atom. The summed E-state index contributed by atoms with van der Waals surface area (Å²) in [5, 5.41) is 3.80. The fourth-order valence-electron chi connectivity index (χ4n) is 1.91. The standard InChI is InChI=1S/C15H14BrClN2O2/c1-8-6-9(7-10(14(8)18)15(20)21-2)19-12-5-3-4-11(17)13(12)16/h3-7,19H,18H2,1-2H3. The van der Waals surface area contributed by atoms with E-state index in [0.29, 0.717) is 16.3 Å². The molecule has 4 nitrogen and oxygen atoms in total. The number of halogens is 2. The number of nitrogens with two attached hydrogens (primary N) is 1. The number of nitrogens with one attached hydrogen (secondary N) is 1. The van der Waals surface area contributed by atoms with Gasteiger partial charge in [-0.1, -0.05) is 17.7 Å². The summed E-state index contributed by atoms with van der Waals surface area (Å²) in [6, 6.07) is 9.00. The van der Waals surface area contributed by atoms with Crippen molar-refractivity contribution in [3.8, 4) is 0 Å². The van der Waals surface area contributed by atoms with E-state index in [1.807, 2.05) is 25.1 Å². The summed E-state index contributed by atoms with van der Waals surface area (Å²) in [4.78, 5) is 11.8. The molecule has 0 aliphatic heterocycles. The molecule has 0 saturated carbocycles. The van der Waals surface area contributed by atoms with Gasteiger partial charge < -0.3 is 15.8 Å². The Kier molecular flexibility index (Phi) is 4.75. The Hall–Kier alpha value is -1.72. The molecule has 0 aromatic heterocycles. The number of methoxy groups -OCH3 is 1. The lowest BCUT2D eigenvalue weighted by Crippen LogP contribution is -2.08. The number of aryl methyl sites for hydroxylation is 1. The molecule has 21 heavy (non-hydrogen) atoms. The molecular formula is C15H14BrClN2O2. The van der Waals surface area contributed by atoms with Gasteiger partial charge in [-0.15, -0.1) is 0 Å². The zero-order chi connectivity index (χ0) is 15.6. The van der Waals surface area contributed by atoms with Crippen molar-refractivity contribution in [3.05, 3.63) is 51.0 Å². The molecule has 6 heteroatoms. The number of hydrogen-bond acceptors (Lipinski definition) is 4. The molecule has 0 amide bonds. The Balaban J connectivity index is 2.43. The molecule has 0 radical (unpaired) electrons. The summed E-state index contributed by atoms with van der Waals surface area (Å²) < 4.78 is 5.49. The van der Waals surface area contributed by atoms with E-state index in [1.165, 1.54) is 7.11 Å². The zero-order valence-electron chi connectivity index (χ0n) is 11.5. The highest BCUT2D eigenvalue weighted by Crippen LogP contribution is 2.33. The highest BCUT2D eigenvalue weighted by atomic mass is 79.9. The van der Waals surface area contributed by atoms with Crippen molar-refractivity contribution >= 4 is 50.6 Å². The first-order chi connectivity index (χ1) is 9.93. The zero-order valence-corrected chi connectivity index (χ0v) is 13.9. The Labute approximate surface area is 136 Å². The molecule has 2 aromatic rings. The lowest BCUT2D eigenvalue weighted by Gasteiger charge is -2.13. The van der Waals surface area contributed by atoms with Crippen LogP contribution < -0.4 is 11.1 Å². The predicted molar refractivity (Wildman–Crippen MR) is 89.4 cm³/mol. The molecule has 0 bridgehead atoms. The molecule has 0 heterocycles. The quantitative estimate of drug-likeness (QED) is 0.616. The van der Waals surface area contributed by atoms with Gasteiger partial charge in [-0.3, -0.25) is 0 Å². The van der Waals surface area contributed by atoms with E-state index >= 15 is 0 Å². The first-order valence-electron chi connectivity index (χ1n) is 6.13. The monoisotopic (exact) mass is 368 g/mol. The first-order valence-corrected chi connectivity index (χ1v) is 7.30. The van der Waals surface area contributed by atoms with Crippen LogP contribution in [0.15, 0.2) is 34.8 Å². The number of carbonyl (C=O) groups excluding carboxylic acids is 1. The van der Waals surface area contributed by atoms with E-state index in [4.69, 9.17) is 22.1 Å². The summed E-state index contributed by atoms with van der Waals surface area (Å²) in [6.45, 7) is 1.83. The van der Waals surface area contributed by atoms with Crippen LogP contribution in [-0.4, -0.2) is 13.1 Å². The Morgan fingerprint density at radius 1 is 1.38 bits per heavy atom. The molecule has 2 rings (SSSR count). The van der Waals surface area contributed by atoms with Crippen LogP contribution >= 0.6 is 27.5 Å². The van der Waals surface area contributed by atoms with Gasteiger partial charge >= 0.3 is 5.97 Å². The normalized spacial score (nSPS) is 10.3. The van der Waals surface area contributed by atoms with Crippen molar-refractivity contribution in [3.63, 3.8) is 0 Å². The second-order valence-electron chi connectivity index (χ2n) is 4.47. The first kappa shape index (κ1) is 15.7. The topological polar surface area (TPSA) is 64.3 Å². The van der Waals surface area contributed by atoms with E-state index < -0.39 is 5.97 Å². The molecule has 0 aliphatic rings. The number of anilines is 3. The molecule has 0 unspecified atom stereocenters. The molecule has 0 spiro atoms. The van der Waals surface area contributed by atoms with Gasteiger partial charge in [0.2, 0.25) is 0 Å². The van der Waals surface area contributed by atoms with Gasteiger partial charge in [-0.05, 0) is 52.7 Å². The van der Waals surface area contributed by atoms with Crippen LogP contribution in [-0.2, 0) is 4.74 Å². The van der Waals surface area contributed by atoms with Gasteiger partial charge in [0.15, 0.2) is 0 Å². The highest BCUT2D eigenvalue weighted by Gasteiger charge is 2.14. The number of benzene rings is 2. The Morgan fingerprint density at radius 2 is 2.10 bits per heavy atom. The molecular weight excluding hydrogens is 356 g/mol. The number of esters is 1. The van der Waals surface area contributed by atoms with Crippen molar-refractivity contribution in [1.82, 2.24) is 0 Å². The number of carbonyl (C=O) groups is 1. The Bertz CT molecular complexity index is 704. The van der Waals surface area contributed by atoms with Crippen LogP contribution in [0.1, 0.15) is 15.9 Å². The minimum atomic E-state index is -0.468. The minimum Gasteiger partial charge on any atom is -0.465 e. The van der Waals surface area contributed by atoms with Crippen molar-refractivity contribution < 1.29 is 9.53 Å². The van der Waals surface area contributed by atoms with Crippen LogP contribution in [0.3, 0.4) is 0 Å². The molecule has 2 aromatic carbocycles. The minimum absolute atomic E-state index is 0.332. The SMILES string of the molecule is COC(=O)c1cc(Nc2cccc(Cl)c2Br)cc(C)c1N. The molecule has 110 valence electrons. The smallest absolute Gasteiger partial charge is 0.340 e. The maximum absolute atomic E-state index is 11.8. The van der Waals surface area contributed by atoms with Gasteiger partial charge in [-0.2, -0.15) is 0 Å². The van der Waals surface area contributed by atoms with E-state index in [9.17, 15) is 4.79 Å². The van der Waals surface area contributed by atoms with Gasteiger partial charge in [0, 0.05) is 11.4 Å². The molecule has 0 fully saturated rings. The lowest BCUT2D eigenvalue weighted by molar-refractivity contribution is 0.0602. The maximum atomic E-state index is 11.8. The maximum Gasteiger partial charge on any atom is 0.340 e. The number of hydrogen-bond donors (Lipinski definition) is 2. The lowest BCUT2D eigenvalue weighted by atomic mass is 10.1. The van der Waals surface area contributed by atoms with Crippen LogP contribution in [0.4, 0.5) is 17.1 Å². The fraction of sp³-hybridized carbons (Fsp3) is 0.133. The third kappa shape index (κ3) is 3.31. The van der Waals surface area contributed by atoms with Crippen LogP contribution in [0.25, 0.3) is 0 Å². The van der Waals surface area contributed by atoms with Crippen LogP contribution in [0, 0.1) is 6.92 Å². The number of ether oxygens (including phenoxy) is 1. The van der Waals surface area contributed by atoms with E-state index in [0.717, 1.165) is 21.4 Å². The highest BCUT2D eigenvalue weighted by molar-refractivity contribution is 9.10. The summed E-state index contributed by atoms with van der Waals surface area (Å²) >= 11 is 9.48. The largest absolute Gasteiger partial charge is 0.465 e. The van der Waals surface area contributed by atoms with E-state index in [-0.39, 0.29) is 0 Å². The van der Waals surface area contributed by atoms with E-state index in [1.54, 1.807) is 12.1 Å². The van der Waals surface area contributed by atoms with Crippen molar-refractivity contribution in [1.29, 1.82) is 0 Å². The third-order valence-corrected chi connectivity index (χ3v) is 4.42. The van der Waals surface area contributed by atoms with Gasteiger partial charge in [0.25, 0.3) is 0 Å². The molecule has 0 atom stereocenters. The average Bonchev–Trinajstić information content (AvgIpc) is 2.46. The summed E-state index contributed by atoms with van der Waals surface area (Å²) in [5.74, 6) is -0.468. The molecule has 0 saturated heterocycles. The van der Waals surface area contributed by atoms with Gasteiger partial charge in [-0.25, -0.2) is 4.79 Å². The summed E-state index contributed by atoms with van der Waals surface area (Å²) in [5.41, 5.74) is 8.97. The van der Waals surface area contributed by atoms with Crippen molar-refractivity contribution in [2.24, 2.45) is 0 Å². The summed E-state index contributed by atoms with van der Waals surface area (Å²) in [6.07, 6.45) is 0. The van der Waals surface area contributed by atoms with Crippen LogP contribution in [0.5, 0.6) is 0 Å². The van der Waals surface area contributed by atoms with Crippen LogP contribution in [0.2, 0.25) is 5.02 Å². The predicted octanol–water partition coefficient (Wildman–Crippen LogP) is 4.52. The van der Waals surface area contributed by atoms with E-state index in [2.05, 4.69) is 21.2 Å². The molecule has 3 N–H and O–H groups in total. The second-order valence-corrected chi connectivity index (χ2v) is 5.67. The van der Waals surface area contributed by atoms with Gasteiger partial charge in [0.05, 0.1) is 27.9 Å². The second kappa shape index (κ2) is 6.37. The van der Waals surface area contributed by atoms with Gasteiger partial charge in [0.1, 0.15) is 0 Å². The fourth-order valence-corrected chi connectivity index (χ4v) is 2.44.